The quantitative estimate of drug-likeness (QED) is 0.640. The van der Waals surface area contributed by atoms with E-state index in [1.54, 1.807) is 4.90 Å². The van der Waals surface area contributed by atoms with Crippen molar-refractivity contribution in [3.8, 4) is 0 Å². The van der Waals surface area contributed by atoms with Crippen LogP contribution in [0.1, 0.15) is 48.5 Å². The summed E-state index contributed by atoms with van der Waals surface area (Å²) in [4.78, 5) is 28.8. The summed E-state index contributed by atoms with van der Waals surface area (Å²) in [5, 5.41) is 3.01. The molecule has 1 aliphatic rings. The smallest absolute Gasteiger partial charge is 0.410 e. The molecule has 1 saturated heterocycles. The van der Waals surface area contributed by atoms with Gasteiger partial charge in [-0.05, 0) is 72.7 Å². The van der Waals surface area contributed by atoms with Crippen LogP contribution in [0.4, 0.5) is 16.2 Å². The Labute approximate surface area is 183 Å². The van der Waals surface area contributed by atoms with E-state index in [0.717, 1.165) is 24.5 Å². The predicted octanol–water partition coefficient (Wildman–Crippen LogP) is 4.88. The van der Waals surface area contributed by atoms with Crippen molar-refractivity contribution in [3.05, 3.63) is 24.3 Å². The molecule has 1 aromatic carbocycles. The van der Waals surface area contributed by atoms with Gasteiger partial charge >= 0.3 is 6.09 Å². The maximum Gasteiger partial charge on any atom is 0.410 e. The fourth-order valence-corrected chi connectivity index (χ4v) is 2.97. The van der Waals surface area contributed by atoms with Crippen molar-refractivity contribution >= 4 is 39.3 Å². The van der Waals surface area contributed by atoms with E-state index in [2.05, 4.69) is 26.1 Å². The van der Waals surface area contributed by atoms with E-state index >= 15 is 0 Å². The first-order chi connectivity index (χ1) is 13.2. The molecule has 0 saturated carbocycles. The molecule has 0 aliphatic carbocycles. The number of ether oxygens (including phenoxy) is 1. The van der Waals surface area contributed by atoms with E-state index in [1.165, 1.54) is 0 Å². The van der Waals surface area contributed by atoms with Gasteiger partial charge in [0.05, 0.1) is 5.41 Å². The third kappa shape index (κ3) is 6.11. The lowest BCUT2D eigenvalue weighted by Crippen LogP contribution is -2.50. The van der Waals surface area contributed by atoms with Crippen LogP contribution in [0.15, 0.2) is 24.3 Å². The molecule has 162 valence electrons. The van der Waals surface area contributed by atoms with Gasteiger partial charge in [0.25, 0.3) is 0 Å². The molecule has 29 heavy (non-hydrogen) atoms. The highest BCUT2D eigenvalue weighted by molar-refractivity contribution is 9.10. The van der Waals surface area contributed by atoms with Gasteiger partial charge in [0, 0.05) is 41.9 Å². The Morgan fingerprint density at radius 2 is 1.45 bits per heavy atom. The molecule has 6 nitrogen and oxygen atoms in total. The Bertz CT molecular complexity index is 725. The maximum atomic E-state index is 12.7. The number of piperazine rings is 1. The Kier molecular flexibility index (Phi) is 6.93. The van der Waals surface area contributed by atoms with Crippen LogP contribution in [-0.2, 0) is 9.53 Å². The molecule has 1 aromatic rings. The summed E-state index contributed by atoms with van der Waals surface area (Å²) in [7, 11) is 0. The maximum absolute atomic E-state index is 12.7. The summed E-state index contributed by atoms with van der Waals surface area (Å²) in [6.45, 7) is 16.2. The first-order valence-corrected chi connectivity index (χ1v) is 10.8. The normalized spacial score (nSPS) is 15.9. The molecule has 2 amide bonds. The summed E-state index contributed by atoms with van der Waals surface area (Å²) in [5.74, 6) is -0.0295. The molecule has 1 aliphatic heterocycles. The number of carbonyl (C=O) groups is 2. The largest absolute Gasteiger partial charge is 0.444 e. The van der Waals surface area contributed by atoms with Crippen molar-refractivity contribution in [2.75, 3.05) is 36.4 Å². The zero-order chi connectivity index (χ0) is 22.0. The van der Waals surface area contributed by atoms with Crippen LogP contribution in [0.2, 0.25) is 0 Å². The van der Waals surface area contributed by atoms with Gasteiger partial charge in [-0.3, -0.25) is 4.79 Å². The number of nitrogens with zero attached hydrogens (tertiary/aromatic N) is 2. The number of alkyl halides is 1. The Balaban J connectivity index is 1.93. The molecular formula is C22H34BrN3O3. The number of anilines is 2. The second-order valence-electron chi connectivity index (χ2n) is 9.55. The monoisotopic (exact) mass is 467 g/mol. The fourth-order valence-electron chi connectivity index (χ4n) is 2.79. The lowest BCUT2D eigenvalue weighted by Gasteiger charge is -2.37. The molecule has 0 atom stereocenters. The summed E-state index contributed by atoms with van der Waals surface area (Å²) in [6, 6.07) is 7.85. The van der Waals surface area contributed by atoms with Crippen LogP contribution in [0.3, 0.4) is 0 Å². The second kappa shape index (κ2) is 8.54. The number of hydrogen-bond acceptors (Lipinski definition) is 4. The van der Waals surface area contributed by atoms with Crippen LogP contribution in [0, 0.1) is 5.41 Å². The van der Waals surface area contributed by atoms with Crippen molar-refractivity contribution in [2.45, 2.75) is 58.4 Å². The summed E-state index contributed by atoms with van der Waals surface area (Å²) >= 11 is 3.60. The minimum atomic E-state index is -0.566. The van der Waals surface area contributed by atoms with Crippen molar-refractivity contribution < 1.29 is 14.3 Å². The SMILES string of the molecule is CC(C)(C)OC(=O)N1CCN(c2ccc(NC(=O)C(C)(C)C(C)(C)Br)cc2)CC1. The Morgan fingerprint density at radius 1 is 0.931 bits per heavy atom. The lowest BCUT2D eigenvalue weighted by molar-refractivity contribution is -0.125. The first-order valence-electron chi connectivity index (χ1n) is 10.0. The third-order valence-electron chi connectivity index (χ3n) is 5.48. The summed E-state index contributed by atoms with van der Waals surface area (Å²) < 4.78 is 5.13. The zero-order valence-electron chi connectivity index (χ0n) is 18.6. The molecule has 0 aromatic heterocycles. The number of nitrogens with one attached hydrogen (secondary N) is 1. The van der Waals surface area contributed by atoms with Crippen molar-refractivity contribution in [1.82, 2.24) is 4.90 Å². The molecule has 0 bridgehead atoms. The molecule has 1 N–H and O–H groups in total. The van der Waals surface area contributed by atoms with E-state index in [9.17, 15) is 9.59 Å². The summed E-state index contributed by atoms with van der Waals surface area (Å²) in [5.41, 5.74) is 0.805. The van der Waals surface area contributed by atoms with Gasteiger partial charge in [-0.1, -0.05) is 15.9 Å². The number of rotatable bonds is 4. The molecule has 0 spiro atoms. The number of halogens is 1. The minimum absolute atomic E-state index is 0.0295. The highest BCUT2D eigenvalue weighted by atomic mass is 79.9. The van der Waals surface area contributed by atoms with Gasteiger partial charge in [0.1, 0.15) is 5.60 Å². The highest BCUT2D eigenvalue weighted by Gasteiger charge is 2.41. The number of carbonyl (C=O) groups excluding carboxylic acids is 2. The molecule has 0 radical (unpaired) electrons. The van der Waals surface area contributed by atoms with E-state index < -0.39 is 11.0 Å². The van der Waals surface area contributed by atoms with E-state index in [-0.39, 0.29) is 16.3 Å². The zero-order valence-corrected chi connectivity index (χ0v) is 20.2. The van der Waals surface area contributed by atoms with Crippen LogP contribution in [0.25, 0.3) is 0 Å². The van der Waals surface area contributed by atoms with Crippen LogP contribution >= 0.6 is 15.9 Å². The standard InChI is InChI=1S/C22H34BrN3O3/c1-20(2,3)29-19(28)26-14-12-25(13-15-26)17-10-8-16(9-11-17)24-18(27)21(4,5)22(6,7)23/h8-11H,12-15H2,1-7H3,(H,24,27). The predicted molar refractivity (Wildman–Crippen MR) is 122 cm³/mol. The number of hydrogen-bond donors (Lipinski definition) is 1. The van der Waals surface area contributed by atoms with Gasteiger partial charge in [-0.2, -0.15) is 0 Å². The van der Waals surface area contributed by atoms with Crippen molar-refractivity contribution in [2.24, 2.45) is 5.41 Å². The van der Waals surface area contributed by atoms with Gasteiger partial charge in [0.15, 0.2) is 0 Å². The Hall–Kier alpha value is -1.76. The van der Waals surface area contributed by atoms with E-state index in [4.69, 9.17) is 4.74 Å². The van der Waals surface area contributed by atoms with Gasteiger partial charge in [-0.25, -0.2) is 4.79 Å². The lowest BCUT2D eigenvalue weighted by atomic mass is 9.80. The molecule has 1 fully saturated rings. The van der Waals surface area contributed by atoms with Crippen LogP contribution in [0.5, 0.6) is 0 Å². The molecule has 2 rings (SSSR count). The fraction of sp³-hybridized carbons (Fsp3) is 0.636. The average Bonchev–Trinajstić information content (AvgIpc) is 2.60. The van der Waals surface area contributed by atoms with Gasteiger partial charge in [-0.15, -0.1) is 0 Å². The minimum Gasteiger partial charge on any atom is -0.444 e. The molecule has 1 heterocycles. The van der Waals surface area contributed by atoms with Gasteiger partial charge in [0.2, 0.25) is 5.91 Å². The first kappa shape index (κ1) is 23.5. The van der Waals surface area contributed by atoms with Gasteiger partial charge < -0.3 is 19.9 Å². The van der Waals surface area contributed by atoms with Crippen LogP contribution in [-0.4, -0.2) is 53.0 Å². The number of amides is 2. The molecule has 7 heteroatoms. The Morgan fingerprint density at radius 3 is 1.90 bits per heavy atom. The van der Waals surface area contributed by atoms with E-state index in [1.807, 2.05) is 72.7 Å². The highest BCUT2D eigenvalue weighted by Crippen LogP contribution is 2.38. The number of benzene rings is 1. The molecule has 0 unspecified atom stereocenters. The topological polar surface area (TPSA) is 61.9 Å². The second-order valence-corrected chi connectivity index (χ2v) is 11.5. The van der Waals surface area contributed by atoms with E-state index in [0.29, 0.717) is 13.1 Å². The van der Waals surface area contributed by atoms with Crippen molar-refractivity contribution in [3.63, 3.8) is 0 Å². The summed E-state index contributed by atoms with van der Waals surface area (Å²) in [6.07, 6.45) is -0.257. The van der Waals surface area contributed by atoms with Crippen molar-refractivity contribution in [1.29, 1.82) is 0 Å². The third-order valence-corrected chi connectivity index (χ3v) is 6.47. The van der Waals surface area contributed by atoms with Crippen LogP contribution < -0.4 is 10.2 Å². The molecular weight excluding hydrogens is 434 g/mol. The average molecular weight is 468 g/mol.